The third kappa shape index (κ3) is 6.40. The molecule has 3 heterocycles. The summed E-state index contributed by atoms with van der Waals surface area (Å²) in [5.41, 5.74) is 1.40. The minimum atomic E-state index is -5.08. The van der Waals surface area contributed by atoms with Crippen LogP contribution in [0.2, 0.25) is 0 Å². The number of pyridine rings is 1. The van der Waals surface area contributed by atoms with Gasteiger partial charge in [0, 0.05) is 31.4 Å². The van der Waals surface area contributed by atoms with Gasteiger partial charge in [0.2, 0.25) is 0 Å². The third-order valence-corrected chi connectivity index (χ3v) is 5.51. The lowest BCUT2D eigenvalue weighted by atomic mass is 9.82. The first kappa shape index (κ1) is 24.1. The van der Waals surface area contributed by atoms with Gasteiger partial charge in [0.1, 0.15) is 5.69 Å². The van der Waals surface area contributed by atoms with Gasteiger partial charge in [0.15, 0.2) is 0 Å². The van der Waals surface area contributed by atoms with E-state index in [0.717, 1.165) is 51.1 Å². The molecule has 2 fully saturated rings. The number of alkyl halides is 3. The maximum absolute atomic E-state index is 12.6. The first-order valence-corrected chi connectivity index (χ1v) is 9.77. The van der Waals surface area contributed by atoms with E-state index in [0.29, 0.717) is 11.7 Å². The molecule has 3 rings (SSSR count). The van der Waals surface area contributed by atoms with Crippen LogP contribution in [-0.4, -0.2) is 83.4 Å². The van der Waals surface area contributed by atoms with Gasteiger partial charge in [-0.2, -0.15) is 13.2 Å². The molecule has 0 bridgehead atoms. The second kappa shape index (κ2) is 9.74. The SMILES string of the molecule is Cc1cccc(C(=O)N2CCC3(CC2)CC(N(C)C)CCO3)n1.O=C(O)C(F)(F)F. The molecule has 2 saturated heterocycles. The van der Waals surface area contributed by atoms with E-state index in [9.17, 15) is 18.0 Å². The number of ether oxygens (including phenoxy) is 1. The molecule has 1 atom stereocenters. The number of hydrogen-bond acceptors (Lipinski definition) is 5. The number of carbonyl (C=O) groups excluding carboxylic acids is 1. The Labute approximate surface area is 173 Å². The summed E-state index contributed by atoms with van der Waals surface area (Å²) in [5.74, 6) is -2.71. The van der Waals surface area contributed by atoms with Crippen molar-refractivity contribution < 1.29 is 32.6 Å². The predicted molar refractivity (Wildman–Crippen MR) is 103 cm³/mol. The van der Waals surface area contributed by atoms with Crippen LogP contribution in [0, 0.1) is 6.92 Å². The molecule has 1 spiro atoms. The molecule has 0 aliphatic carbocycles. The van der Waals surface area contributed by atoms with Crippen LogP contribution < -0.4 is 0 Å². The fourth-order valence-corrected chi connectivity index (χ4v) is 3.73. The van der Waals surface area contributed by atoms with Crippen LogP contribution in [0.4, 0.5) is 13.2 Å². The lowest BCUT2D eigenvalue weighted by Gasteiger charge is -2.47. The van der Waals surface area contributed by atoms with Crippen LogP contribution in [0.1, 0.15) is 41.9 Å². The maximum Gasteiger partial charge on any atom is 0.490 e. The van der Waals surface area contributed by atoms with Crippen LogP contribution in [0.15, 0.2) is 18.2 Å². The summed E-state index contributed by atoms with van der Waals surface area (Å²) in [6.07, 6.45) is -1.06. The normalized spacial score (nSPS) is 21.2. The van der Waals surface area contributed by atoms with Gasteiger partial charge >= 0.3 is 12.1 Å². The zero-order chi connectivity index (χ0) is 22.5. The van der Waals surface area contributed by atoms with Gasteiger partial charge in [-0.1, -0.05) is 6.07 Å². The summed E-state index contributed by atoms with van der Waals surface area (Å²) < 4.78 is 37.9. The lowest BCUT2D eigenvalue weighted by molar-refractivity contribution is -0.192. The maximum atomic E-state index is 12.6. The molecule has 0 aromatic carbocycles. The summed E-state index contributed by atoms with van der Waals surface area (Å²) in [6, 6.07) is 6.20. The number of nitrogens with zero attached hydrogens (tertiary/aromatic N) is 3. The summed E-state index contributed by atoms with van der Waals surface area (Å²) in [5, 5.41) is 7.12. The van der Waals surface area contributed by atoms with E-state index in [-0.39, 0.29) is 11.5 Å². The largest absolute Gasteiger partial charge is 0.490 e. The van der Waals surface area contributed by atoms with E-state index >= 15 is 0 Å². The van der Waals surface area contributed by atoms with Crippen molar-refractivity contribution in [2.75, 3.05) is 33.8 Å². The molecule has 1 unspecified atom stereocenters. The summed E-state index contributed by atoms with van der Waals surface area (Å²) in [4.78, 5) is 30.1. The summed E-state index contributed by atoms with van der Waals surface area (Å²) >= 11 is 0. The van der Waals surface area contributed by atoms with E-state index in [1.54, 1.807) is 6.07 Å². The Kier molecular flexibility index (Phi) is 7.81. The molecule has 2 aliphatic heterocycles. The van der Waals surface area contributed by atoms with Crippen molar-refractivity contribution in [1.82, 2.24) is 14.8 Å². The highest BCUT2D eigenvalue weighted by atomic mass is 19.4. The zero-order valence-corrected chi connectivity index (χ0v) is 17.4. The van der Waals surface area contributed by atoms with Crippen LogP contribution in [0.3, 0.4) is 0 Å². The van der Waals surface area contributed by atoms with E-state index in [1.165, 1.54) is 0 Å². The van der Waals surface area contributed by atoms with Crippen LogP contribution in [-0.2, 0) is 9.53 Å². The number of carboxylic acid groups (broad SMARTS) is 1. The number of aliphatic carboxylic acids is 1. The second-order valence-electron chi connectivity index (χ2n) is 7.90. The first-order valence-electron chi connectivity index (χ1n) is 9.77. The highest BCUT2D eigenvalue weighted by Gasteiger charge is 2.42. The number of rotatable bonds is 2. The van der Waals surface area contributed by atoms with Crippen molar-refractivity contribution >= 4 is 11.9 Å². The summed E-state index contributed by atoms with van der Waals surface area (Å²) in [6.45, 7) is 4.26. The van der Waals surface area contributed by atoms with Crippen LogP contribution >= 0.6 is 0 Å². The molecule has 1 aromatic rings. The molecule has 1 N–H and O–H groups in total. The van der Waals surface area contributed by atoms with Gasteiger partial charge in [0.05, 0.1) is 5.60 Å². The Morgan fingerprint density at radius 1 is 1.27 bits per heavy atom. The third-order valence-electron chi connectivity index (χ3n) is 5.51. The van der Waals surface area contributed by atoms with Crippen molar-refractivity contribution in [3.8, 4) is 0 Å². The number of hydrogen-bond donors (Lipinski definition) is 1. The predicted octanol–water partition coefficient (Wildman–Crippen LogP) is 2.74. The minimum Gasteiger partial charge on any atom is -0.475 e. The molecule has 0 saturated carbocycles. The lowest BCUT2D eigenvalue weighted by Crippen LogP contribution is -2.53. The number of carbonyl (C=O) groups is 2. The van der Waals surface area contributed by atoms with E-state index in [2.05, 4.69) is 24.0 Å². The fourth-order valence-electron chi connectivity index (χ4n) is 3.73. The molecular weight excluding hydrogens is 403 g/mol. The Balaban J connectivity index is 0.000000396. The van der Waals surface area contributed by atoms with Gasteiger partial charge in [-0.05, 0) is 58.8 Å². The van der Waals surface area contributed by atoms with E-state index < -0.39 is 12.1 Å². The number of amides is 1. The number of aryl methyl sites for hydroxylation is 1. The average molecular weight is 431 g/mol. The van der Waals surface area contributed by atoms with Crippen molar-refractivity contribution in [2.24, 2.45) is 0 Å². The Hall–Kier alpha value is -2.20. The first-order chi connectivity index (χ1) is 13.9. The van der Waals surface area contributed by atoms with E-state index in [4.69, 9.17) is 14.6 Å². The molecule has 10 heteroatoms. The molecule has 1 amide bonds. The Bertz CT molecular complexity index is 747. The zero-order valence-electron chi connectivity index (χ0n) is 17.4. The topological polar surface area (TPSA) is 83.0 Å². The van der Waals surface area contributed by atoms with Crippen molar-refractivity contribution in [1.29, 1.82) is 0 Å². The standard InChI is InChI=1S/C18H27N3O2.C2HF3O2/c1-14-5-4-6-16(19-14)17(22)21-10-8-18(9-11-21)13-15(20(2)3)7-12-23-18;3-2(4,5)1(6)7/h4-6,15H,7-13H2,1-3H3;(H,6,7). The van der Waals surface area contributed by atoms with Gasteiger partial charge in [-0.25, -0.2) is 9.78 Å². The average Bonchev–Trinajstić information content (AvgIpc) is 2.68. The van der Waals surface area contributed by atoms with Crippen molar-refractivity contribution in [3.63, 3.8) is 0 Å². The van der Waals surface area contributed by atoms with Crippen LogP contribution in [0.25, 0.3) is 0 Å². The molecule has 168 valence electrons. The highest BCUT2D eigenvalue weighted by Crippen LogP contribution is 2.36. The van der Waals surface area contributed by atoms with Crippen molar-refractivity contribution in [2.45, 2.75) is 50.4 Å². The quantitative estimate of drug-likeness (QED) is 0.776. The number of piperidine rings is 1. The Morgan fingerprint density at radius 2 is 1.87 bits per heavy atom. The smallest absolute Gasteiger partial charge is 0.475 e. The molecule has 0 radical (unpaired) electrons. The molecule has 7 nitrogen and oxygen atoms in total. The van der Waals surface area contributed by atoms with Gasteiger partial charge in [-0.15, -0.1) is 0 Å². The second-order valence-corrected chi connectivity index (χ2v) is 7.90. The monoisotopic (exact) mass is 431 g/mol. The number of likely N-dealkylation sites (tertiary alicyclic amines) is 1. The molecular formula is C20H28F3N3O4. The molecule has 2 aliphatic rings. The number of aromatic nitrogens is 1. The number of carboxylic acids is 1. The molecule has 1 aromatic heterocycles. The van der Waals surface area contributed by atoms with Crippen LogP contribution in [0.5, 0.6) is 0 Å². The van der Waals surface area contributed by atoms with Crippen molar-refractivity contribution in [3.05, 3.63) is 29.6 Å². The summed E-state index contributed by atoms with van der Waals surface area (Å²) in [7, 11) is 4.29. The Morgan fingerprint density at radius 3 is 2.37 bits per heavy atom. The fraction of sp³-hybridized carbons (Fsp3) is 0.650. The number of halogens is 3. The highest BCUT2D eigenvalue weighted by molar-refractivity contribution is 5.92. The van der Waals surface area contributed by atoms with Gasteiger partial charge < -0.3 is 19.6 Å². The minimum absolute atomic E-state index is 0.0377. The van der Waals surface area contributed by atoms with E-state index in [1.807, 2.05) is 24.0 Å². The molecule has 30 heavy (non-hydrogen) atoms. The van der Waals surface area contributed by atoms with Gasteiger partial charge in [0.25, 0.3) is 5.91 Å². The van der Waals surface area contributed by atoms with Gasteiger partial charge in [-0.3, -0.25) is 4.79 Å².